The SMILES string of the molecule is C#CC(C)(O)CC(C)C.O. The van der Waals surface area contributed by atoms with Gasteiger partial charge in [0.1, 0.15) is 5.60 Å². The summed E-state index contributed by atoms with van der Waals surface area (Å²) in [6.07, 6.45) is 5.72. The molecule has 0 aliphatic carbocycles. The van der Waals surface area contributed by atoms with Crippen LogP contribution >= 0.6 is 0 Å². The number of rotatable bonds is 2. The molecule has 0 aliphatic rings. The van der Waals surface area contributed by atoms with Gasteiger partial charge in [0.15, 0.2) is 0 Å². The Balaban J connectivity index is 0. The van der Waals surface area contributed by atoms with E-state index >= 15 is 0 Å². The third kappa shape index (κ3) is 5.61. The molecule has 2 heteroatoms. The Bertz CT molecular complexity index is 120. The zero-order valence-electron chi connectivity index (χ0n) is 6.81. The first-order chi connectivity index (χ1) is 3.98. The summed E-state index contributed by atoms with van der Waals surface area (Å²) in [5.74, 6) is 2.78. The van der Waals surface area contributed by atoms with Crippen LogP contribution < -0.4 is 0 Å². The summed E-state index contributed by atoms with van der Waals surface area (Å²) in [6, 6.07) is 0. The van der Waals surface area contributed by atoms with Crippen molar-refractivity contribution in [1.29, 1.82) is 0 Å². The highest BCUT2D eigenvalue weighted by atomic mass is 16.3. The van der Waals surface area contributed by atoms with Crippen LogP contribution in [0.25, 0.3) is 0 Å². The van der Waals surface area contributed by atoms with Crippen LogP contribution in [0.3, 0.4) is 0 Å². The molecule has 0 saturated carbocycles. The first-order valence-corrected chi connectivity index (χ1v) is 3.18. The van der Waals surface area contributed by atoms with E-state index in [0.29, 0.717) is 12.3 Å². The zero-order valence-corrected chi connectivity index (χ0v) is 6.81. The Kier molecular flexibility index (Phi) is 5.26. The van der Waals surface area contributed by atoms with E-state index in [4.69, 9.17) is 6.42 Å². The summed E-state index contributed by atoms with van der Waals surface area (Å²) in [5, 5.41) is 9.26. The monoisotopic (exact) mass is 144 g/mol. The van der Waals surface area contributed by atoms with Crippen LogP contribution in [0.5, 0.6) is 0 Å². The van der Waals surface area contributed by atoms with Gasteiger partial charge in [0.25, 0.3) is 0 Å². The maximum absolute atomic E-state index is 9.26. The smallest absolute Gasteiger partial charge is 0.122 e. The second-order valence-corrected chi connectivity index (χ2v) is 3.02. The topological polar surface area (TPSA) is 51.7 Å². The minimum atomic E-state index is -0.909. The summed E-state index contributed by atoms with van der Waals surface area (Å²) in [4.78, 5) is 0. The molecule has 60 valence electrons. The van der Waals surface area contributed by atoms with Crippen molar-refractivity contribution in [3.05, 3.63) is 0 Å². The van der Waals surface area contributed by atoms with Gasteiger partial charge >= 0.3 is 0 Å². The number of hydrogen-bond donors (Lipinski definition) is 1. The molecule has 0 heterocycles. The molecule has 1 atom stereocenters. The van der Waals surface area contributed by atoms with E-state index in [-0.39, 0.29) is 5.48 Å². The molecule has 0 fully saturated rings. The predicted octanol–water partition coefficient (Wildman–Crippen LogP) is 0.592. The highest BCUT2D eigenvalue weighted by Crippen LogP contribution is 2.13. The van der Waals surface area contributed by atoms with Crippen LogP contribution in [0.4, 0.5) is 0 Å². The van der Waals surface area contributed by atoms with Crippen LogP contribution in [0.2, 0.25) is 0 Å². The van der Waals surface area contributed by atoms with E-state index in [0.717, 1.165) is 0 Å². The number of aliphatic hydroxyl groups is 1. The van der Waals surface area contributed by atoms with Gasteiger partial charge in [-0.1, -0.05) is 19.8 Å². The molecular formula is C8H16O2. The molecule has 3 N–H and O–H groups in total. The van der Waals surface area contributed by atoms with E-state index in [2.05, 4.69) is 5.92 Å². The highest BCUT2D eigenvalue weighted by molar-refractivity contribution is 5.04. The van der Waals surface area contributed by atoms with Crippen LogP contribution in [0.15, 0.2) is 0 Å². The van der Waals surface area contributed by atoms with E-state index in [1.807, 2.05) is 13.8 Å². The zero-order chi connectivity index (χ0) is 7.49. The van der Waals surface area contributed by atoms with Gasteiger partial charge < -0.3 is 10.6 Å². The van der Waals surface area contributed by atoms with E-state index in [1.165, 1.54) is 0 Å². The van der Waals surface area contributed by atoms with Crippen molar-refractivity contribution in [2.45, 2.75) is 32.8 Å². The molecule has 0 spiro atoms. The van der Waals surface area contributed by atoms with Crippen LogP contribution in [0, 0.1) is 18.3 Å². The van der Waals surface area contributed by atoms with Gasteiger partial charge in [-0.15, -0.1) is 6.42 Å². The molecule has 0 aliphatic heterocycles. The largest absolute Gasteiger partial charge is 0.412 e. The van der Waals surface area contributed by atoms with E-state index < -0.39 is 5.60 Å². The first kappa shape index (κ1) is 12.2. The average Bonchev–Trinajstić information content (AvgIpc) is 1.63. The molecule has 0 amide bonds. The predicted molar refractivity (Wildman–Crippen MR) is 42.5 cm³/mol. The fraction of sp³-hybridized carbons (Fsp3) is 0.750. The van der Waals surface area contributed by atoms with Crippen molar-refractivity contribution in [2.75, 3.05) is 0 Å². The normalized spacial score (nSPS) is 15.2. The molecule has 0 aromatic carbocycles. The van der Waals surface area contributed by atoms with Gasteiger partial charge in [0.05, 0.1) is 0 Å². The summed E-state index contributed by atoms with van der Waals surface area (Å²) in [6.45, 7) is 5.73. The van der Waals surface area contributed by atoms with Crippen molar-refractivity contribution in [2.24, 2.45) is 5.92 Å². The van der Waals surface area contributed by atoms with Crippen molar-refractivity contribution >= 4 is 0 Å². The van der Waals surface area contributed by atoms with Gasteiger partial charge in [-0.05, 0) is 19.3 Å². The summed E-state index contributed by atoms with van der Waals surface area (Å²) >= 11 is 0. The molecule has 0 saturated heterocycles. The fourth-order valence-corrected chi connectivity index (χ4v) is 0.854. The number of terminal acetylenes is 1. The van der Waals surface area contributed by atoms with Crippen molar-refractivity contribution in [3.63, 3.8) is 0 Å². The molecule has 1 unspecified atom stereocenters. The second-order valence-electron chi connectivity index (χ2n) is 3.02. The molecule has 0 rings (SSSR count). The van der Waals surface area contributed by atoms with Gasteiger partial charge in [-0.2, -0.15) is 0 Å². The lowest BCUT2D eigenvalue weighted by molar-refractivity contribution is 0.0978. The summed E-state index contributed by atoms with van der Waals surface area (Å²) in [7, 11) is 0. The van der Waals surface area contributed by atoms with Gasteiger partial charge in [-0.25, -0.2) is 0 Å². The molecule has 2 nitrogen and oxygen atoms in total. The van der Waals surface area contributed by atoms with E-state index in [9.17, 15) is 5.11 Å². The van der Waals surface area contributed by atoms with E-state index in [1.54, 1.807) is 6.92 Å². The summed E-state index contributed by atoms with van der Waals surface area (Å²) < 4.78 is 0. The molecule has 0 aromatic heterocycles. The molecule has 0 radical (unpaired) electrons. The average molecular weight is 144 g/mol. The lowest BCUT2D eigenvalue weighted by Crippen LogP contribution is -2.23. The third-order valence-corrected chi connectivity index (χ3v) is 1.12. The number of hydrogen-bond acceptors (Lipinski definition) is 1. The Morgan fingerprint density at radius 1 is 1.60 bits per heavy atom. The Hall–Kier alpha value is -0.520. The second kappa shape index (κ2) is 4.32. The Morgan fingerprint density at radius 2 is 2.00 bits per heavy atom. The van der Waals surface area contributed by atoms with Gasteiger partial charge in [-0.3, -0.25) is 0 Å². The maximum atomic E-state index is 9.26. The van der Waals surface area contributed by atoms with Crippen molar-refractivity contribution in [3.8, 4) is 12.3 Å². The fourth-order valence-electron chi connectivity index (χ4n) is 0.854. The molecule has 0 bridgehead atoms. The first-order valence-electron chi connectivity index (χ1n) is 3.18. The Morgan fingerprint density at radius 3 is 2.10 bits per heavy atom. The molecular weight excluding hydrogens is 128 g/mol. The standard InChI is InChI=1S/C8H14O.H2O/c1-5-8(4,9)6-7(2)3;/h1,7,9H,6H2,2-4H3;1H2. The van der Waals surface area contributed by atoms with Crippen LogP contribution in [0.1, 0.15) is 27.2 Å². The quantitative estimate of drug-likeness (QED) is 0.567. The maximum Gasteiger partial charge on any atom is 0.122 e. The molecule has 0 aromatic rings. The van der Waals surface area contributed by atoms with Gasteiger partial charge in [0, 0.05) is 0 Å². The summed E-state index contributed by atoms with van der Waals surface area (Å²) in [5.41, 5.74) is -0.909. The van der Waals surface area contributed by atoms with Gasteiger partial charge in [0.2, 0.25) is 0 Å². The van der Waals surface area contributed by atoms with Crippen molar-refractivity contribution in [1.82, 2.24) is 0 Å². The Labute approximate surface area is 62.6 Å². The molecule has 10 heavy (non-hydrogen) atoms. The highest BCUT2D eigenvalue weighted by Gasteiger charge is 2.17. The minimum absolute atomic E-state index is 0. The third-order valence-electron chi connectivity index (χ3n) is 1.12. The minimum Gasteiger partial charge on any atom is -0.412 e. The lowest BCUT2D eigenvalue weighted by Gasteiger charge is -2.17. The van der Waals surface area contributed by atoms with Crippen molar-refractivity contribution < 1.29 is 10.6 Å². The van der Waals surface area contributed by atoms with Crippen LogP contribution in [-0.4, -0.2) is 16.2 Å². The lowest BCUT2D eigenvalue weighted by atomic mass is 9.95. The van der Waals surface area contributed by atoms with Crippen LogP contribution in [-0.2, 0) is 0 Å².